The molecule has 2 aromatic rings. The van der Waals surface area contributed by atoms with Gasteiger partial charge in [0.1, 0.15) is 17.7 Å². The van der Waals surface area contributed by atoms with Crippen molar-refractivity contribution >= 4 is 23.5 Å². The summed E-state index contributed by atoms with van der Waals surface area (Å²) in [6.07, 6.45) is 1.43. The topological polar surface area (TPSA) is 113 Å². The molecule has 9 nitrogen and oxygen atoms in total. The molecule has 1 aliphatic rings. The number of carbonyl (C=O) groups excluding carboxylic acids is 1. The summed E-state index contributed by atoms with van der Waals surface area (Å²) in [4.78, 5) is 28.8. The largest absolute Gasteiger partial charge is 0.488 e. The molecule has 1 fully saturated rings. The highest BCUT2D eigenvalue weighted by atomic mass is 19.1. The minimum absolute atomic E-state index is 0.206. The highest BCUT2D eigenvalue weighted by molar-refractivity contribution is 5.99. The van der Waals surface area contributed by atoms with Gasteiger partial charge in [-0.1, -0.05) is 0 Å². The molecule has 3 N–H and O–H groups in total. The van der Waals surface area contributed by atoms with E-state index in [1.54, 1.807) is 19.2 Å². The number of rotatable bonds is 6. The van der Waals surface area contributed by atoms with Crippen molar-refractivity contribution < 1.29 is 28.6 Å². The van der Waals surface area contributed by atoms with Gasteiger partial charge in [-0.15, -0.1) is 0 Å². The molecule has 0 bridgehead atoms. The van der Waals surface area contributed by atoms with Crippen LogP contribution in [0.2, 0.25) is 0 Å². The molecular formula is C20H23FN4O5. The first-order valence-corrected chi connectivity index (χ1v) is 9.40. The molecule has 1 atom stereocenters. The maximum Gasteiger partial charge on any atom is 0.407 e. The van der Waals surface area contributed by atoms with Crippen LogP contribution in [0, 0.1) is 5.82 Å². The number of hydrogen-bond donors (Lipinski definition) is 3. The van der Waals surface area contributed by atoms with Crippen molar-refractivity contribution in [2.75, 3.05) is 30.8 Å². The lowest BCUT2D eigenvalue weighted by molar-refractivity contribution is 0.0790. The number of pyridine rings is 1. The van der Waals surface area contributed by atoms with Gasteiger partial charge in [0.2, 0.25) is 0 Å². The summed E-state index contributed by atoms with van der Waals surface area (Å²) in [5, 5.41) is 14.3. The molecule has 3 amide bonds. The van der Waals surface area contributed by atoms with Crippen LogP contribution in [0.4, 0.5) is 25.4 Å². The Balaban J connectivity index is 1.60. The van der Waals surface area contributed by atoms with E-state index in [4.69, 9.17) is 14.6 Å². The van der Waals surface area contributed by atoms with Gasteiger partial charge in [-0.3, -0.25) is 4.98 Å². The van der Waals surface area contributed by atoms with Crippen molar-refractivity contribution in [3.8, 4) is 5.75 Å². The zero-order chi connectivity index (χ0) is 21.5. The quantitative estimate of drug-likeness (QED) is 0.661. The van der Waals surface area contributed by atoms with Crippen LogP contribution in [0.3, 0.4) is 0 Å². The molecule has 1 aromatic heterocycles. The summed E-state index contributed by atoms with van der Waals surface area (Å²) in [5.41, 5.74) is 1.40. The van der Waals surface area contributed by atoms with E-state index in [1.807, 2.05) is 0 Å². The van der Waals surface area contributed by atoms with Crippen molar-refractivity contribution in [3.05, 3.63) is 48.0 Å². The number of aromatic nitrogens is 1. The van der Waals surface area contributed by atoms with Crippen LogP contribution in [-0.2, 0) is 11.3 Å². The smallest absolute Gasteiger partial charge is 0.407 e. The number of nitrogens with one attached hydrogen (secondary N) is 2. The molecule has 0 spiro atoms. The number of hydrogen-bond acceptors (Lipinski definition) is 5. The molecule has 1 aromatic carbocycles. The fourth-order valence-corrected chi connectivity index (χ4v) is 3.13. The first-order valence-electron chi connectivity index (χ1n) is 9.40. The first kappa shape index (κ1) is 21.3. The zero-order valence-electron chi connectivity index (χ0n) is 16.4. The number of nitrogens with zero attached hydrogens (tertiary/aromatic N) is 2. The third-order valence-corrected chi connectivity index (χ3v) is 4.46. The van der Waals surface area contributed by atoms with Gasteiger partial charge in [0, 0.05) is 31.5 Å². The lowest BCUT2D eigenvalue weighted by Gasteiger charge is -2.31. The van der Waals surface area contributed by atoms with E-state index in [9.17, 15) is 14.0 Å². The van der Waals surface area contributed by atoms with E-state index in [0.717, 1.165) is 11.8 Å². The van der Waals surface area contributed by atoms with Crippen LogP contribution in [0.15, 0.2) is 36.5 Å². The first-order chi connectivity index (χ1) is 14.4. The van der Waals surface area contributed by atoms with Crippen LogP contribution in [-0.4, -0.2) is 53.4 Å². The van der Waals surface area contributed by atoms with Gasteiger partial charge in [0.15, 0.2) is 0 Å². The van der Waals surface area contributed by atoms with Crippen LogP contribution in [0.5, 0.6) is 5.75 Å². The maximum atomic E-state index is 14.0. The molecule has 1 saturated heterocycles. The summed E-state index contributed by atoms with van der Waals surface area (Å²) in [6, 6.07) is 6.68. The van der Waals surface area contributed by atoms with E-state index >= 15 is 0 Å². The van der Waals surface area contributed by atoms with Gasteiger partial charge < -0.3 is 30.1 Å². The summed E-state index contributed by atoms with van der Waals surface area (Å²) in [5.74, 6) is -0.368. The van der Waals surface area contributed by atoms with Gasteiger partial charge in [-0.25, -0.2) is 14.0 Å². The molecule has 160 valence electrons. The molecule has 0 radical (unpaired) electrons. The fraction of sp³-hybridized carbons (Fsp3) is 0.350. The second kappa shape index (κ2) is 9.88. The predicted molar refractivity (Wildman–Crippen MR) is 107 cm³/mol. The van der Waals surface area contributed by atoms with Crippen LogP contribution < -0.4 is 15.4 Å². The second-order valence-electron chi connectivity index (χ2n) is 6.84. The molecule has 3 rings (SSSR count). The van der Waals surface area contributed by atoms with Crippen molar-refractivity contribution in [2.24, 2.45) is 0 Å². The molecule has 2 heterocycles. The van der Waals surface area contributed by atoms with E-state index in [2.05, 4.69) is 15.6 Å². The number of piperidine rings is 1. The number of ether oxygens (including phenoxy) is 2. The van der Waals surface area contributed by atoms with Crippen LogP contribution >= 0.6 is 0 Å². The minimum Gasteiger partial charge on any atom is -0.488 e. The van der Waals surface area contributed by atoms with Crippen molar-refractivity contribution in [1.29, 1.82) is 0 Å². The van der Waals surface area contributed by atoms with E-state index in [0.29, 0.717) is 31.7 Å². The Morgan fingerprint density at radius 3 is 2.77 bits per heavy atom. The number of urea groups is 1. The number of benzene rings is 1. The Morgan fingerprint density at radius 2 is 2.07 bits per heavy atom. The number of carbonyl (C=O) groups is 2. The third kappa shape index (κ3) is 6.05. The standard InChI is InChI=1S/C20H23FN4O5/c1-29-12-15-5-4-14(10-22-15)23-19(26)24-16-7-13(21)8-18(9-16)30-17-3-2-6-25(11-17)20(27)28/h4-5,7-10,17H,2-3,6,11-12H2,1H3,(H,27,28)(H2,23,24,26). The Hall–Kier alpha value is -3.40. The molecule has 1 unspecified atom stereocenters. The Morgan fingerprint density at radius 1 is 1.27 bits per heavy atom. The molecule has 0 aliphatic carbocycles. The van der Waals surface area contributed by atoms with Gasteiger partial charge in [0.05, 0.1) is 30.7 Å². The van der Waals surface area contributed by atoms with E-state index < -0.39 is 17.9 Å². The Kier molecular flexibility index (Phi) is 7.02. The molecule has 30 heavy (non-hydrogen) atoms. The zero-order valence-corrected chi connectivity index (χ0v) is 16.4. The summed E-state index contributed by atoms with van der Waals surface area (Å²) >= 11 is 0. The lowest BCUT2D eigenvalue weighted by atomic mass is 10.1. The van der Waals surface area contributed by atoms with E-state index in [1.165, 1.54) is 23.2 Å². The Labute approximate surface area is 172 Å². The van der Waals surface area contributed by atoms with E-state index in [-0.39, 0.29) is 24.1 Å². The van der Waals surface area contributed by atoms with Gasteiger partial charge in [-0.2, -0.15) is 0 Å². The van der Waals surface area contributed by atoms with Crippen LogP contribution in [0.25, 0.3) is 0 Å². The maximum absolute atomic E-state index is 14.0. The third-order valence-electron chi connectivity index (χ3n) is 4.46. The number of methoxy groups -OCH3 is 1. The van der Waals surface area contributed by atoms with Crippen molar-refractivity contribution in [2.45, 2.75) is 25.6 Å². The molecular weight excluding hydrogens is 395 g/mol. The van der Waals surface area contributed by atoms with Crippen molar-refractivity contribution in [3.63, 3.8) is 0 Å². The predicted octanol–water partition coefficient (Wildman–Crippen LogP) is 3.53. The average Bonchev–Trinajstić information content (AvgIpc) is 2.69. The summed E-state index contributed by atoms with van der Waals surface area (Å²) in [7, 11) is 1.56. The van der Waals surface area contributed by atoms with Crippen LogP contribution in [0.1, 0.15) is 18.5 Å². The molecule has 10 heteroatoms. The normalized spacial score (nSPS) is 16.1. The monoisotopic (exact) mass is 418 g/mol. The second-order valence-corrected chi connectivity index (χ2v) is 6.84. The number of anilines is 2. The lowest BCUT2D eigenvalue weighted by Crippen LogP contribution is -2.43. The van der Waals surface area contributed by atoms with Gasteiger partial charge in [0.25, 0.3) is 0 Å². The van der Waals surface area contributed by atoms with Gasteiger partial charge in [-0.05, 0) is 31.0 Å². The molecule has 1 aliphatic heterocycles. The van der Waals surface area contributed by atoms with Crippen molar-refractivity contribution in [1.82, 2.24) is 9.88 Å². The van der Waals surface area contributed by atoms with Gasteiger partial charge >= 0.3 is 12.1 Å². The number of likely N-dealkylation sites (tertiary alicyclic amines) is 1. The highest BCUT2D eigenvalue weighted by Crippen LogP contribution is 2.24. The SMILES string of the molecule is COCc1ccc(NC(=O)Nc2cc(F)cc(OC3CCCN(C(=O)O)C3)c2)cn1. The molecule has 0 saturated carbocycles. The number of halogens is 1. The summed E-state index contributed by atoms with van der Waals surface area (Å²) < 4.78 is 24.7. The summed E-state index contributed by atoms with van der Waals surface area (Å²) in [6.45, 7) is 1.03. The minimum atomic E-state index is -1.01. The number of carboxylic acid groups (broad SMARTS) is 1. The highest BCUT2D eigenvalue weighted by Gasteiger charge is 2.24. The average molecular weight is 418 g/mol. The fourth-order valence-electron chi connectivity index (χ4n) is 3.13. The number of amides is 3. The Bertz CT molecular complexity index is 893.